The van der Waals surface area contributed by atoms with Crippen molar-refractivity contribution in [1.29, 1.82) is 0 Å². The molecule has 1 aliphatic heterocycles. The fourth-order valence-corrected chi connectivity index (χ4v) is 2.91. The van der Waals surface area contributed by atoms with E-state index in [4.69, 9.17) is 4.74 Å². The summed E-state index contributed by atoms with van der Waals surface area (Å²) in [6, 6.07) is 7.43. The molecule has 0 bridgehead atoms. The highest BCUT2D eigenvalue weighted by molar-refractivity contribution is 5.94. The summed E-state index contributed by atoms with van der Waals surface area (Å²) < 4.78 is 19.0. The van der Waals surface area contributed by atoms with Gasteiger partial charge in [0.1, 0.15) is 17.7 Å². The van der Waals surface area contributed by atoms with Crippen molar-refractivity contribution in [2.24, 2.45) is 0 Å². The number of hydrogen-bond donors (Lipinski definition) is 0. The number of rotatable bonds is 3. The van der Waals surface area contributed by atoms with Crippen LogP contribution >= 0.6 is 0 Å². The first-order chi connectivity index (χ1) is 11.5. The van der Waals surface area contributed by atoms with E-state index in [0.29, 0.717) is 30.4 Å². The molecule has 1 saturated heterocycles. The topological polar surface area (TPSA) is 55.3 Å². The van der Waals surface area contributed by atoms with Crippen molar-refractivity contribution in [3.05, 3.63) is 53.2 Å². The van der Waals surface area contributed by atoms with Crippen LogP contribution in [0.1, 0.15) is 34.7 Å². The van der Waals surface area contributed by atoms with E-state index in [2.05, 4.69) is 9.97 Å². The lowest BCUT2D eigenvalue weighted by molar-refractivity contribution is 0.0526. The molecule has 1 unspecified atom stereocenters. The molecule has 2 aromatic rings. The van der Waals surface area contributed by atoms with E-state index in [-0.39, 0.29) is 17.8 Å². The molecule has 0 radical (unpaired) electrons. The number of benzene rings is 1. The molecular formula is C18H20FN3O2. The number of piperidine rings is 1. The van der Waals surface area contributed by atoms with Gasteiger partial charge < -0.3 is 9.64 Å². The van der Waals surface area contributed by atoms with Gasteiger partial charge in [-0.05, 0) is 51.0 Å². The van der Waals surface area contributed by atoms with Crippen molar-refractivity contribution in [2.75, 3.05) is 13.1 Å². The smallest absolute Gasteiger partial charge is 0.253 e. The van der Waals surface area contributed by atoms with Gasteiger partial charge in [-0.3, -0.25) is 4.79 Å². The summed E-state index contributed by atoms with van der Waals surface area (Å²) in [5.41, 5.74) is 1.35. The summed E-state index contributed by atoms with van der Waals surface area (Å²) in [5, 5.41) is 0. The first-order valence-corrected chi connectivity index (χ1v) is 8.05. The average molecular weight is 329 g/mol. The highest BCUT2D eigenvalue weighted by Gasteiger charge is 2.26. The number of nitrogens with zero attached hydrogens (tertiary/aromatic N) is 3. The molecule has 1 fully saturated rings. The van der Waals surface area contributed by atoms with E-state index < -0.39 is 0 Å². The second kappa shape index (κ2) is 6.95. The van der Waals surface area contributed by atoms with Crippen LogP contribution in [0, 0.1) is 19.7 Å². The van der Waals surface area contributed by atoms with E-state index in [0.717, 1.165) is 18.5 Å². The number of ether oxygens (including phenoxy) is 1. The molecule has 0 aliphatic carbocycles. The Hall–Kier alpha value is -2.50. The molecule has 1 aromatic carbocycles. The van der Waals surface area contributed by atoms with Gasteiger partial charge in [0.15, 0.2) is 0 Å². The maximum atomic E-state index is 13.0. The fraction of sp³-hybridized carbons (Fsp3) is 0.389. The quantitative estimate of drug-likeness (QED) is 0.869. The molecule has 2 heterocycles. The van der Waals surface area contributed by atoms with E-state index in [1.165, 1.54) is 24.3 Å². The second-order valence-electron chi connectivity index (χ2n) is 6.03. The summed E-state index contributed by atoms with van der Waals surface area (Å²) in [6.45, 7) is 4.90. The molecule has 1 atom stereocenters. The summed E-state index contributed by atoms with van der Waals surface area (Å²) in [5.74, 6) is 0.764. The highest BCUT2D eigenvalue weighted by Crippen LogP contribution is 2.19. The van der Waals surface area contributed by atoms with Crippen LogP contribution in [-0.2, 0) is 0 Å². The average Bonchev–Trinajstić information content (AvgIpc) is 2.54. The predicted molar refractivity (Wildman–Crippen MR) is 87.5 cm³/mol. The van der Waals surface area contributed by atoms with E-state index in [9.17, 15) is 9.18 Å². The molecule has 24 heavy (non-hydrogen) atoms. The lowest BCUT2D eigenvalue weighted by Crippen LogP contribution is -2.44. The highest BCUT2D eigenvalue weighted by atomic mass is 19.1. The minimum absolute atomic E-state index is 0.0988. The number of carbonyl (C=O) groups is 1. The second-order valence-corrected chi connectivity index (χ2v) is 6.03. The van der Waals surface area contributed by atoms with Crippen molar-refractivity contribution in [2.45, 2.75) is 32.8 Å². The first-order valence-electron chi connectivity index (χ1n) is 8.05. The third kappa shape index (κ3) is 3.88. The zero-order valence-electron chi connectivity index (χ0n) is 13.8. The zero-order chi connectivity index (χ0) is 17.1. The molecular weight excluding hydrogens is 309 g/mol. The Morgan fingerprint density at radius 3 is 2.71 bits per heavy atom. The number of aromatic nitrogens is 2. The van der Waals surface area contributed by atoms with Crippen molar-refractivity contribution < 1.29 is 13.9 Å². The summed E-state index contributed by atoms with van der Waals surface area (Å²) in [4.78, 5) is 22.8. The largest absolute Gasteiger partial charge is 0.472 e. The normalized spacial score (nSPS) is 17.6. The van der Waals surface area contributed by atoms with Gasteiger partial charge in [0.05, 0.1) is 6.54 Å². The van der Waals surface area contributed by atoms with Crippen LogP contribution in [0.2, 0.25) is 0 Å². The summed E-state index contributed by atoms with van der Waals surface area (Å²) in [7, 11) is 0. The van der Waals surface area contributed by atoms with Gasteiger partial charge in [-0.15, -0.1) is 0 Å². The van der Waals surface area contributed by atoms with Crippen molar-refractivity contribution in [3.8, 4) is 5.88 Å². The Balaban J connectivity index is 1.67. The molecule has 126 valence electrons. The van der Waals surface area contributed by atoms with Gasteiger partial charge in [-0.25, -0.2) is 9.37 Å². The molecule has 3 rings (SSSR count). The Labute approximate surface area is 140 Å². The van der Waals surface area contributed by atoms with E-state index in [1.807, 2.05) is 13.8 Å². The Morgan fingerprint density at radius 2 is 2.00 bits per heavy atom. The van der Waals surface area contributed by atoms with E-state index >= 15 is 0 Å². The third-order valence-corrected chi connectivity index (χ3v) is 3.99. The predicted octanol–water partition coefficient (Wildman–Crippen LogP) is 2.92. The molecule has 1 aliphatic rings. The maximum absolute atomic E-state index is 13.0. The van der Waals surface area contributed by atoms with Crippen LogP contribution in [0.25, 0.3) is 0 Å². The molecule has 5 nitrogen and oxygen atoms in total. The monoisotopic (exact) mass is 329 g/mol. The Kier molecular flexibility index (Phi) is 4.74. The van der Waals surface area contributed by atoms with Crippen LogP contribution < -0.4 is 4.74 Å². The van der Waals surface area contributed by atoms with Crippen LogP contribution in [0.15, 0.2) is 30.3 Å². The minimum atomic E-state index is -0.346. The third-order valence-electron chi connectivity index (χ3n) is 3.99. The lowest BCUT2D eigenvalue weighted by Gasteiger charge is -2.32. The van der Waals surface area contributed by atoms with Gasteiger partial charge in [-0.1, -0.05) is 0 Å². The van der Waals surface area contributed by atoms with Crippen molar-refractivity contribution in [1.82, 2.24) is 14.9 Å². The molecule has 1 aromatic heterocycles. The molecule has 1 amide bonds. The van der Waals surface area contributed by atoms with Crippen molar-refractivity contribution >= 4 is 5.91 Å². The van der Waals surface area contributed by atoms with Crippen LogP contribution in [-0.4, -0.2) is 40.0 Å². The minimum Gasteiger partial charge on any atom is -0.472 e. The first kappa shape index (κ1) is 16.4. The van der Waals surface area contributed by atoms with E-state index in [1.54, 1.807) is 11.0 Å². The molecule has 6 heteroatoms. The molecule has 0 saturated carbocycles. The van der Waals surface area contributed by atoms with Gasteiger partial charge in [-0.2, -0.15) is 4.98 Å². The van der Waals surface area contributed by atoms with Gasteiger partial charge in [0.25, 0.3) is 5.91 Å². The number of amides is 1. The summed E-state index contributed by atoms with van der Waals surface area (Å²) in [6.07, 6.45) is 1.63. The number of carbonyl (C=O) groups excluding carboxylic acids is 1. The SMILES string of the molecule is Cc1cc(OC2CCCN(C(=O)c3ccc(F)cc3)C2)nc(C)n1. The van der Waals surface area contributed by atoms with Crippen molar-refractivity contribution in [3.63, 3.8) is 0 Å². The van der Waals surface area contributed by atoms with Crippen LogP contribution in [0.4, 0.5) is 4.39 Å². The van der Waals surface area contributed by atoms with Gasteiger partial charge in [0, 0.05) is 23.9 Å². The van der Waals surface area contributed by atoms with Gasteiger partial charge in [0.2, 0.25) is 5.88 Å². The lowest BCUT2D eigenvalue weighted by atomic mass is 10.1. The molecule has 0 spiro atoms. The fourth-order valence-electron chi connectivity index (χ4n) is 2.91. The Bertz CT molecular complexity index is 713. The number of likely N-dealkylation sites (tertiary alicyclic amines) is 1. The number of halogens is 1. The standard InChI is InChI=1S/C18H20FN3O2/c1-12-10-17(21-13(2)20-12)24-16-4-3-9-22(11-16)18(23)14-5-7-15(19)8-6-14/h5-8,10,16H,3-4,9,11H2,1-2H3. The van der Waals surface area contributed by atoms with Gasteiger partial charge >= 0.3 is 0 Å². The zero-order valence-corrected chi connectivity index (χ0v) is 13.8. The molecule has 0 N–H and O–H groups in total. The summed E-state index contributed by atoms with van der Waals surface area (Å²) >= 11 is 0. The number of aryl methyl sites for hydroxylation is 2. The van der Waals surface area contributed by atoms with Crippen LogP contribution in [0.3, 0.4) is 0 Å². The number of hydrogen-bond acceptors (Lipinski definition) is 4. The van der Waals surface area contributed by atoms with Crippen LogP contribution in [0.5, 0.6) is 5.88 Å². The maximum Gasteiger partial charge on any atom is 0.253 e. The Morgan fingerprint density at radius 1 is 1.25 bits per heavy atom.